The number of carbonyl (C=O) groups is 1. The number of hydrogen-bond donors (Lipinski definition) is 2. The van der Waals surface area contributed by atoms with Gasteiger partial charge in [-0.3, -0.25) is 15.2 Å². The van der Waals surface area contributed by atoms with Crippen LogP contribution in [0.25, 0.3) is 0 Å². The first-order valence-electron chi connectivity index (χ1n) is 5.73. The summed E-state index contributed by atoms with van der Waals surface area (Å²) in [6, 6.07) is 3.46. The molecule has 1 amide bonds. The molecular formula is C12H19N3O. The van der Waals surface area contributed by atoms with Crippen LogP contribution in [0.1, 0.15) is 48.7 Å². The highest BCUT2D eigenvalue weighted by Gasteiger charge is 2.04. The monoisotopic (exact) mass is 221 g/mol. The quantitative estimate of drug-likeness (QED) is 0.333. The fraction of sp³-hybridized carbons (Fsp3) is 0.500. The predicted molar refractivity (Wildman–Crippen MR) is 63.7 cm³/mol. The first-order valence-corrected chi connectivity index (χ1v) is 5.73. The summed E-state index contributed by atoms with van der Waals surface area (Å²) in [5, 5.41) is 0. The molecule has 16 heavy (non-hydrogen) atoms. The number of hydrogen-bond acceptors (Lipinski definition) is 3. The van der Waals surface area contributed by atoms with Crippen LogP contribution in [-0.2, 0) is 6.42 Å². The molecule has 0 aromatic carbocycles. The Bertz CT molecular complexity index is 339. The number of rotatable bonds is 6. The molecule has 0 atom stereocenters. The second-order valence-corrected chi connectivity index (χ2v) is 3.82. The molecule has 4 heteroatoms. The second kappa shape index (κ2) is 6.95. The lowest BCUT2D eigenvalue weighted by Crippen LogP contribution is -2.30. The second-order valence-electron chi connectivity index (χ2n) is 3.82. The minimum Gasteiger partial charge on any atom is -0.290 e. The summed E-state index contributed by atoms with van der Waals surface area (Å²) >= 11 is 0. The standard InChI is InChI=1S/C12H19N3O/c1-2-3-4-5-6-11-9-10(7-8-14-11)12(16)15-13/h7-9H,2-6,13H2,1H3,(H,15,16). The SMILES string of the molecule is CCCCCCc1cc(C(=O)NN)ccn1. The Kier molecular flexibility index (Phi) is 5.50. The molecule has 0 bridgehead atoms. The maximum absolute atomic E-state index is 11.3. The Morgan fingerprint density at radius 1 is 1.44 bits per heavy atom. The number of nitrogens with zero attached hydrogens (tertiary/aromatic N) is 1. The lowest BCUT2D eigenvalue weighted by molar-refractivity contribution is 0.0953. The summed E-state index contributed by atoms with van der Waals surface area (Å²) in [5.41, 5.74) is 3.65. The topological polar surface area (TPSA) is 68.0 Å². The molecule has 4 nitrogen and oxygen atoms in total. The van der Waals surface area contributed by atoms with Crippen molar-refractivity contribution >= 4 is 5.91 Å². The van der Waals surface area contributed by atoms with Crippen molar-refractivity contribution in [3.63, 3.8) is 0 Å². The van der Waals surface area contributed by atoms with E-state index in [1.807, 2.05) is 0 Å². The van der Waals surface area contributed by atoms with Crippen molar-refractivity contribution in [3.8, 4) is 0 Å². The van der Waals surface area contributed by atoms with Crippen molar-refractivity contribution in [2.45, 2.75) is 39.0 Å². The molecule has 1 rings (SSSR count). The van der Waals surface area contributed by atoms with E-state index >= 15 is 0 Å². The number of carbonyl (C=O) groups excluding carboxylic acids is 1. The summed E-state index contributed by atoms with van der Waals surface area (Å²) < 4.78 is 0. The molecular weight excluding hydrogens is 202 g/mol. The molecule has 0 unspecified atom stereocenters. The maximum atomic E-state index is 11.3. The molecule has 1 heterocycles. The van der Waals surface area contributed by atoms with Gasteiger partial charge in [-0.25, -0.2) is 5.84 Å². The molecule has 88 valence electrons. The van der Waals surface area contributed by atoms with Crippen LogP contribution in [0.4, 0.5) is 0 Å². The zero-order chi connectivity index (χ0) is 11.8. The molecule has 0 aliphatic heterocycles. The summed E-state index contributed by atoms with van der Waals surface area (Å²) in [5.74, 6) is 4.81. The summed E-state index contributed by atoms with van der Waals surface area (Å²) in [7, 11) is 0. The van der Waals surface area contributed by atoms with Gasteiger partial charge in [-0.1, -0.05) is 26.2 Å². The first kappa shape index (κ1) is 12.6. The van der Waals surface area contributed by atoms with Gasteiger partial charge in [0.05, 0.1) is 0 Å². The maximum Gasteiger partial charge on any atom is 0.265 e. The number of aryl methyl sites for hydroxylation is 1. The Labute approximate surface area is 96.2 Å². The van der Waals surface area contributed by atoms with Gasteiger partial charge in [-0.2, -0.15) is 0 Å². The average molecular weight is 221 g/mol. The van der Waals surface area contributed by atoms with E-state index in [0.717, 1.165) is 18.5 Å². The van der Waals surface area contributed by atoms with Crippen molar-refractivity contribution < 1.29 is 4.79 Å². The van der Waals surface area contributed by atoms with Gasteiger partial charge in [0.25, 0.3) is 5.91 Å². The summed E-state index contributed by atoms with van der Waals surface area (Å²) in [6.45, 7) is 2.18. The molecule has 1 aromatic rings. The van der Waals surface area contributed by atoms with Crippen LogP contribution in [0.5, 0.6) is 0 Å². The number of hydrazine groups is 1. The lowest BCUT2D eigenvalue weighted by Gasteiger charge is -2.03. The normalized spacial score (nSPS) is 10.1. The minimum absolute atomic E-state index is 0.266. The number of pyridine rings is 1. The number of nitrogens with one attached hydrogen (secondary N) is 1. The molecule has 3 N–H and O–H groups in total. The number of nitrogens with two attached hydrogens (primary N) is 1. The van der Waals surface area contributed by atoms with Gasteiger partial charge >= 0.3 is 0 Å². The van der Waals surface area contributed by atoms with Gasteiger partial charge in [-0.05, 0) is 25.0 Å². The highest BCUT2D eigenvalue weighted by atomic mass is 16.2. The van der Waals surface area contributed by atoms with Crippen LogP contribution in [0.2, 0.25) is 0 Å². The van der Waals surface area contributed by atoms with E-state index in [1.165, 1.54) is 19.3 Å². The van der Waals surface area contributed by atoms with Crippen LogP contribution in [0.3, 0.4) is 0 Å². The van der Waals surface area contributed by atoms with Crippen LogP contribution in [-0.4, -0.2) is 10.9 Å². The molecule has 1 aromatic heterocycles. The van der Waals surface area contributed by atoms with Gasteiger partial charge in [-0.15, -0.1) is 0 Å². The van der Waals surface area contributed by atoms with Crippen LogP contribution in [0, 0.1) is 0 Å². The molecule has 0 saturated heterocycles. The number of nitrogen functional groups attached to an aromatic ring is 1. The Morgan fingerprint density at radius 3 is 2.94 bits per heavy atom. The van der Waals surface area contributed by atoms with Crippen LogP contribution >= 0.6 is 0 Å². The number of aromatic nitrogens is 1. The zero-order valence-corrected chi connectivity index (χ0v) is 9.70. The van der Waals surface area contributed by atoms with Crippen molar-refractivity contribution in [1.29, 1.82) is 0 Å². The van der Waals surface area contributed by atoms with Crippen molar-refractivity contribution in [3.05, 3.63) is 29.6 Å². The van der Waals surface area contributed by atoms with Crippen molar-refractivity contribution in [2.75, 3.05) is 0 Å². The van der Waals surface area contributed by atoms with E-state index in [1.54, 1.807) is 18.3 Å². The smallest absolute Gasteiger partial charge is 0.265 e. The Balaban J connectivity index is 2.50. The van der Waals surface area contributed by atoms with E-state index in [0.29, 0.717) is 5.56 Å². The largest absolute Gasteiger partial charge is 0.290 e. The zero-order valence-electron chi connectivity index (χ0n) is 9.70. The van der Waals surface area contributed by atoms with Crippen LogP contribution < -0.4 is 11.3 Å². The van der Waals surface area contributed by atoms with Gasteiger partial charge in [0.2, 0.25) is 0 Å². The van der Waals surface area contributed by atoms with E-state index in [9.17, 15) is 4.79 Å². The predicted octanol–water partition coefficient (Wildman–Crippen LogP) is 1.81. The summed E-state index contributed by atoms with van der Waals surface area (Å²) in [4.78, 5) is 15.5. The lowest BCUT2D eigenvalue weighted by atomic mass is 10.1. The van der Waals surface area contributed by atoms with E-state index in [-0.39, 0.29) is 5.91 Å². The number of amides is 1. The van der Waals surface area contributed by atoms with E-state index < -0.39 is 0 Å². The van der Waals surface area contributed by atoms with Crippen molar-refractivity contribution in [2.24, 2.45) is 5.84 Å². The molecule has 0 fully saturated rings. The minimum atomic E-state index is -0.266. The molecule has 0 saturated carbocycles. The fourth-order valence-electron chi connectivity index (χ4n) is 1.57. The van der Waals surface area contributed by atoms with Gasteiger partial charge < -0.3 is 0 Å². The first-order chi connectivity index (χ1) is 7.77. The van der Waals surface area contributed by atoms with Gasteiger partial charge in [0.15, 0.2) is 0 Å². The third-order valence-corrected chi connectivity index (χ3v) is 2.50. The summed E-state index contributed by atoms with van der Waals surface area (Å²) in [6.07, 6.45) is 7.39. The van der Waals surface area contributed by atoms with Crippen LogP contribution in [0.15, 0.2) is 18.3 Å². The van der Waals surface area contributed by atoms with Gasteiger partial charge in [0.1, 0.15) is 0 Å². The molecule has 0 aliphatic carbocycles. The van der Waals surface area contributed by atoms with Gasteiger partial charge in [0, 0.05) is 17.5 Å². The molecule has 0 radical (unpaired) electrons. The molecule has 0 spiro atoms. The highest BCUT2D eigenvalue weighted by Crippen LogP contribution is 2.07. The fourth-order valence-corrected chi connectivity index (χ4v) is 1.57. The molecule has 0 aliphatic rings. The highest BCUT2D eigenvalue weighted by molar-refractivity contribution is 5.93. The Morgan fingerprint density at radius 2 is 2.25 bits per heavy atom. The average Bonchev–Trinajstić information content (AvgIpc) is 2.34. The van der Waals surface area contributed by atoms with E-state index in [2.05, 4.69) is 17.3 Å². The third kappa shape index (κ3) is 3.98. The van der Waals surface area contributed by atoms with E-state index in [4.69, 9.17) is 5.84 Å². The van der Waals surface area contributed by atoms with Crippen molar-refractivity contribution in [1.82, 2.24) is 10.4 Å². The number of unbranched alkanes of at least 4 members (excludes halogenated alkanes) is 3. The Hall–Kier alpha value is -1.42. The third-order valence-electron chi connectivity index (χ3n) is 2.50.